The van der Waals surface area contributed by atoms with Gasteiger partial charge in [-0.05, 0) is 44.9 Å². The monoisotopic (exact) mass is 297 g/mol. The molecule has 0 spiro atoms. The molecule has 18 heavy (non-hydrogen) atoms. The molecule has 0 bridgehead atoms. The van der Waals surface area contributed by atoms with Crippen LogP contribution in [0.15, 0.2) is 57.6 Å². The van der Waals surface area contributed by atoms with Crippen LogP contribution in [0.5, 0.6) is 0 Å². The van der Waals surface area contributed by atoms with Gasteiger partial charge in [0.2, 0.25) is 0 Å². The fraction of sp³-hybridized carbons (Fsp3) is 0. The van der Waals surface area contributed by atoms with Crippen molar-refractivity contribution in [3.63, 3.8) is 0 Å². The zero-order chi connectivity index (χ0) is 12.1. The third-order valence-electron chi connectivity index (χ3n) is 3.14. The van der Waals surface area contributed by atoms with Gasteiger partial charge in [0.25, 0.3) is 0 Å². The Bertz CT molecular complexity index is 895. The second-order valence-corrected chi connectivity index (χ2v) is 5.21. The molecule has 3 heteroatoms. The molecule has 2 nitrogen and oxygen atoms in total. The first-order valence-corrected chi connectivity index (χ1v) is 6.47. The van der Waals surface area contributed by atoms with E-state index < -0.39 is 0 Å². The number of nitrogens with zero attached hydrogens (tertiary/aromatic N) is 1. The van der Waals surface area contributed by atoms with E-state index in [1.165, 1.54) is 10.8 Å². The van der Waals surface area contributed by atoms with Crippen LogP contribution in [0.4, 0.5) is 0 Å². The van der Waals surface area contributed by atoms with E-state index in [9.17, 15) is 0 Å². The number of hydrogen-bond donors (Lipinski definition) is 0. The van der Waals surface area contributed by atoms with Crippen LogP contribution >= 0.6 is 15.9 Å². The Labute approximate surface area is 111 Å². The molecular formula is C15H8BrNO. The van der Waals surface area contributed by atoms with Gasteiger partial charge in [0.1, 0.15) is 11.1 Å². The smallest absolute Gasteiger partial charge is 0.154 e. The lowest BCUT2D eigenvalue weighted by atomic mass is 10.1. The molecule has 0 atom stereocenters. The summed E-state index contributed by atoms with van der Waals surface area (Å²) in [6.07, 6.45) is 1.80. The quantitative estimate of drug-likeness (QED) is 0.461. The summed E-state index contributed by atoms with van der Waals surface area (Å²) in [4.78, 5) is 4.44. The number of benzene rings is 2. The van der Waals surface area contributed by atoms with Crippen LogP contribution in [0, 0.1) is 0 Å². The summed E-state index contributed by atoms with van der Waals surface area (Å²) < 4.78 is 6.78. The van der Waals surface area contributed by atoms with Gasteiger partial charge in [-0.15, -0.1) is 0 Å². The van der Waals surface area contributed by atoms with Gasteiger partial charge in [0.05, 0.1) is 0 Å². The molecule has 0 amide bonds. The van der Waals surface area contributed by atoms with Crippen molar-refractivity contribution in [3.05, 3.63) is 53.1 Å². The summed E-state index contributed by atoms with van der Waals surface area (Å²) in [7, 11) is 0. The predicted octanol–water partition coefficient (Wildman–Crippen LogP) is 4.90. The molecule has 2 aromatic carbocycles. The summed E-state index contributed by atoms with van der Waals surface area (Å²) in [6.45, 7) is 0. The lowest BCUT2D eigenvalue weighted by Gasteiger charge is -1.96. The van der Waals surface area contributed by atoms with Crippen molar-refractivity contribution in [1.82, 2.24) is 4.98 Å². The highest BCUT2D eigenvalue weighted by atomic mass is 79.9. The van der Waals surface area contributed by atoms with Gasteiger partial charge in [-0.2, -0.15) is 0 Å². The molecule has 0 saturated carbocycles. The van der Waals surface area contributed by atoms with Crippen molar-refractivity contribution in [2.45, 2.75) is 0 Å². The van der Waals surface area contributed by atoms with Gasteiger partial charge in [0, 0.05) is 16.1 Å². The second kappa shape index (κ2) is 3.56. The van der Waals surface area contributed by atoms with Gasteiger partial charge < -0.3 is 4.42 Å². The van der Waals surface area contributed by atoms with Crippen molar-refractivity contribution >= 4 is 48.8 Å². The van der Waals surface area contributed by atoms with E-state index in [-0.39, 0.29) is 0 Å². The van der Waals surface area contributed by atoms with Crippen LogP contribution in [0.25, 0.3) is 32.8 Å². The summed E-state index contributed by atoms with van der Waals surface area (Å²) in [5.41, 5.74) is 2.61. The van der Waals surface area contributed by atoms with E-state index in [2.05, 4.69) is 45.2 Å². The van der Waals surface area contributed by atoms with Crippen molar-refractivity contribution in [2.75, 3.05) is 0 Å². The molecule has 0 N–H and O–H groups in total. The van der Waals surface area contributed by atoms with Crippen LogP contribution in [-0.2, 0) is 0 Å². The first kappa shape index (κ1) is 10.1. The maximum absolute atomic E-state index is 5.85. The molecule has 0 unspecified atom stereocenters. The van der Waals surface area contributed by atoms with Crippen molar-refractivity contribution in [2.24, 2.45) is 0 Å². The molecule has 0 aliphatic carbocycles. The number of aromatic nitrogens is 1. The minimum Gasteiger partial charge on any atom is -0.454 e. The summed E-state index contributed by atoms with van der Waals surface area (Å²) >= 11 is 3.41. The molecule has 2 heterocycles. The highest BCUT2D eigenvalue weighted by Gasteiger charge is 2.09. The number of furan rings is 1. The molecule has 4 rings (SSSR count). The average molecular weight is 298 g/mol. The molecule has 0 aliphatic rings. The normalized spacial score (nSPS) is 11.6. The number of pyridine rings is 1. The Balaban J connectivity index is 2.23. The summed E-state index contributed by atoms with van der Waals surface area (Å²) in [5.74, 6) is 0. The van der Waals surface area contributed by atoms with Crippen molar-refractivity contribution < 1.29 is 4.42 Å². The van der Waals surface area contributed by atoms with Crippen molar-refractivity contribution in [3.8, 4) is 0 Å². The molecule has 2 aromatic heterocycles. The lowest BCUT2D eigenvalue weighted by Crippen LogP contribution is -1.75. The molecule has 86 valence electrons. The van der Waals surface area contributed by atoms with E-state index in [4.69, 9.17) is 4.42 Å². The maximum Gasteiger partial charge on any atom is 0.154 e. The fourth-order valence-electron chi connectivity index (χ4n) is 2.31. The highest BCUT2D eigenvalue weighted by molar-refractivity contribution is 9.10. The third-order valence-corrected chi connectivity index (χ3v) is 3.58. The molecule has 0 aliphatic heterocycles. The Hall–Kier alpha value is -1.87. The van der Waals surface area contributed by atoms with E-state index >= 15 is 0 Å². The number of rotatable bonds is 0. The molecule has 4 aromatic rings. The van der Waals surface area contributed by atoms with Gasteiger partial charge in [-0.25, -0.2) is 0 Å². The van der Waals surface area contributed by atoms with Gasteiger partial charge in [-0.3, -0.25) is 4.98 Å². The van der Waals surface area contributed by atoms with Gasteiger partial charge >= 0.3 is 0 Å². The highest BCUT2D eigenvalue weighted by Crippen LogP contribution is 2.31. The molecule has 0 fully saturated rings. The van der Waals surface area contributed by atoms with Crippen LogP contribution in [0.2, 0.25) is 0 Å². The van der Waals surface area contributed by atoms with Crippen LogP contribution in [-0.4, -0.2) is 4.98 Å². The fourth-order valence-corrected chi connectivity index (χ4v) is 2.62. The van der Waals surface area contributed by atoms with Crippen molar-refractivity contribution in [1.29, 1.82) is 0 Å². The predicted molar refractivity (Wildman–Crippen MR) is 76.7 cm³/mol. The SMILES string of the molecule is Brc1cnc2c(c1)oc1cc3ccccc3cc12. The maximum atomic E-state index is 5.85. The molecule has 0 saturated heterocycles. The second-order valence-electron chi connectivity index (χ2n) is 4.30. The largest absolute Gasteiger partial charge is 0.454 e. The average Bonchev–Trinajstić information content (AvgIpc) is 2.72. The first-order chi connectivity index (χ1) is 8.81. The minimum absolute atomic E-state index is 0.815. The third kappa shape index (κ3) is 1.37. The Morgan fingerprint density at radius 3 is 2.56 bits per heavy atom. The zero-order valence-electron chi connectivity index (χ0n) is 9.35. The standard InChI is InChI=1S/C15H8BrNO/c16-11-7-14-15(17-8-11)12-5-9-3-1-2-4-10(9)6-13(12)18-14/h1-8H. The summed E-state index contributed by atoms with van der Waals surface area (Å²) in [6, 6.07) is 14.4. The molecule has 0 radical (unpaired) electrons. The Morgan fingerprint density at radius 2 is 1.72 bits per heavy atom. The lowest BCUT2D eigenvalue weighted by molar-refractivity contribution is 0.668. The van der Waals surface area contributed by atoms with E-state index in [1.54, 1.807) is 6.20 Å². The van der Waals surface area contributed by atoms with Crippen LogP contribution < -0.4 is 0 Å². The number of fused-ring (bicyclic) bond motifs is 4. The number of halogens is 1. The number of hydrogen-bond acceptors (Lipinski definition) is 2. The zero-order valence-corrected chi connectivity index (χ0v) is 10.9. The molecular weight excluding hydrogens is 290 g/mol. The van der Waals surface area contributed by atoms with Crippen LogP contribution in [0.1, 0.15) is 0 Å². The van der Waals surface area contributed by atoms with E-state index in [0.717, 1.165) is 26.5 Å². The van der Waals surface area contributed by atoms with E-state index in [1.807, 2.05) is 18.2 Å². The first-order valence-electron chi connectivity index (χ1n) is 5.68. The van der Waals surface area contributed by atoms with Gasteiger partial charge in [-0.1, -0.05) is 24.3 Å². The Kier molecular flexibility index (Phi) is 2.00. The van der Waals surface area contributed by atoms with Crippen LogP contribution in [0.3, 0.4) is 0 Å². The minimum atomic E-state index is 0.815. The Morgan fingerprint density at radius 1 is 0.944 bits per heavy atom. The topological polar surface area (TPSA) is 26.0 Å². The van der Waals surface area contributed by atoms with Gasteiger partial charge in [0.15, 0.2) is 5.58 Å². The summed E-state index contributed by atoms with van der Waals surface area (Å²) in [5, 5.41) is 3.46. The van der Waals surface area contributed by atoms with E-state index in [0.29, 0.717) is 0 Å².